The molecular weight excluding hydrogens is 1070 g/mol. The van der Waals surface area contributed by atoms with Crippen molar-refractivity contribution in [1.82, 2.24) is 9.80 Å². The monoisotopic (exact) mass is 1150 g/mol. The number of anilines is 3. The number of aliphatic carboxylic acids is 1. The molecule has 440 valence electrons. The fourth-order valence-electron chi connectivity index (χ4n) is 11.2. The van der Waals surface area contributed by atoms with Crippen molar-refractivity contribution in [3.63, 3.8) is 0 Å². The Labute approximate surface area is 502 Å². The van der Waals surface area contributed by atoms with Gasteiger partial charge in [0.1, 0.15) is 17.3 Å². The molecule has 2 amide bonds. The van der Waals surface area contributed by atoms with E-state index in [1.807, 2.05) is 58.3 Å². The van der Waals surface area contributed by atoms with Crippen LogP contribution in [0.25, 0.3) is 43.9 Å². The van der Waals surface area contributed by atoms with Crippen LogP contribution in [0.1, 0.15) is 160 Å². The van der Waals surface area contributed by atoms with Crippen LogP contribution < -0.4 is 14.4 Å². The Hall–Kier alpha value is -7.75. The molecule has 0 bridgehead atoms. The summed E-state index contributed by atoms with van der Waals surface area (Å²) in [6, 6.07) is 41.4. The van der Waals surface area contributed by atoms with Crippen LogP contribution in [0.2, 0.25) is 0 Å². The number of carboxylic acid groups (broad SMARTS) is 1. The van der Waals surface area contributed by atoms with Gasteiger partial charge in [-0.05, 0) is 145 Å². The normalized spacial score (nSPS) is 14.1. The van der Waals surface area contributed by atoms with Crippen molar-refractivity contribution in [1.29, 1.82) is 0 Å². The van der Waals surface area contributed by atoms with E-state index in [4.69, 9.17) is 16.0 Å². The largest absolute Gasteiger partial charge is 0.494 e. The quantitative estimate of drug-likeness (QED) is 0.0249. The van der Waals surface area contributed by atoms with E-state index in [1.165, 1.54) is 37.8 Å². The summed E-state index contributed by atoms with van der Waals surface area (Å²) < 4.78 is 27.8. The van der Waals surface area contributed by atoms with Crippen LogP contribution in [0.3, 0.4) is 0 Å². The van der Waals surface area contributed by atoms with Crippen molar-refractivity contribution < 1.29 is 33.4 Å². The SMILES string of the molecule is [C-]#[N+]/C(=C\c1ccc(-c2ccc(C3=C4C(=O)N(CC(CC)CCCC)C(c5ccc(-c6ccc(N(c7ccc(OCCCCCC)cc7)c7ccc(OCCCCCC)cc7)cc6)s5)=C4C(=O)N3CC(CC)CCCC)cc2)cc1F)C(=O)O. The van der Waals surface area contributed by atoms with E-state index in [9.17, 15) is 9.90 Å². The molecule has 0 saturated carbocycles. The number of carbonyl (C=O) groups excluding carboxylic acids is 2. The number of ether oxygens (including phenoxy) is 2. The number of rotatable bonds is 33. The van der Waals surface area contributed by atoms with Crippen LogP contribution >= 0.6 is 11.3 Å². The maximum absolute atomic E-state index is 15.5. The molecule has 2 aliphatic heterocycles. The highest BCUT2D eigenvalue weighted by Gasteiger charge is 2.49. The van der Waals surface area contributed by atoms with Gasteiger partial charge in [0.15, 0.2) is 0 Å². The minimum atomic E-state index is -1.43. The first-order chi connectivity index (χ1) is 40.9. The van der Waals surface area contributed by atoms with Crippen molar-refractivity contribution in [2.75, 3.05) is 31.2 Å². The zero-order valence-electron chi connectivity index (χ0n) is 50.1. The number of fused-ring (bicyclic) bond motifs is 1. The summed E-state index contributed by atoms with van der Waals surface area (Å²) in [6.07, 6.45) is 18.0. The lowest BCUT2D eigenvalue weighted by molar-refractivity contribution is -0.132. The minimum absolute atomic E-state index is 0.00456. The zero-order chi connectivity index (χ0) is 59.5. The third-order valence-electron chi connectivity index (χ3n) is 16.2. The number of thiophene rings is 1. The predicted octanol–water partition coefficient (Wildman–Crippen LogP) is 19.2. The van der Waals surface area contributed by atoms with E-state index < -0.39 is 17.5 Å². The van der Waals surface area contributed by atoms with E-state index in [2.05, 4.69) is 112 Å². The summed E-state index contributed by atoms with van der Waals surface area (Å²) >= 11 is 1.59. The maximum atomic E-state index is 15.5. The lowest BCUT2D eigenvalue weighted by Gasteiger charge is -2.29. The maximum Gasteiger partial charge on any atom is 0.333 e. The summed E-state index contributed by atoms with van der Waals surface area (Å²) in [4.78, 5) is 53.5. The van der Waals surface area contributed by atoms with Crippen LogP contribution in [0.5, 0.6) is 11.5 Å². The highest BCUT2D eigenvalue weighted by Crippen LogP contribution is 2.50. The molecule has 0 aliphatic carbocycles. The first kappa shape index (κ1) is 62.3. The molecule has 1 N–H and O–H groups in total. The van der Waals surface area contributed by atoms with Crippen molar-refractivity contribution in [3.8, 4) is 33.1 Å². The third kappa shape index (κ3) is 15.1. The van der Waals surface area contributed by atoms with Crippen LogP contribution in [0.15, 0.2) is 144 Å². The van der Waals surface area contributed by atoms with Gasteiger partial charge in [0.25, 0.3) is 17.5 Å². The molecule has 0 spiro atoms. The Morgan fingerprint density at radius 3 is 1.50 bits per heavy atom. The molecule has 12 heteroatoms. The van der Waals surface area contributed by atoms with E-state index in [1.54, 1.807) is 17.4 Å². The Balaban J connectivity index is 1.16. The minimum Gasteiger partial charge on any atom is -0.494 e. The number of nitrogens with zero attached hydrogens (tertiary/aromatic N) is 4. The Bertz CT molecular complexity index is 3260. The standard InChI is InChI=1S/C72H83FN4O6S/c1-8-14-18-20-44-82-60-38-34-58(35-39-60)77(59-36-40-61(41-37-59)83-45-21-19-15-9-2)57-32-30-53(31-33-57)64-42-43-65(84-64)69-67-66(70(78)76(69)49-51(13-6)23-17-11-4)68(75(71(67)79)48-50(12-5)22-16-10-3)54-26-24-52(25-27-54)55-28-29-56(62(73)46-55)47-63(74-7)72(80)81/h24-43,46-47,50-51H,8-23,44-45,48-49H2,1-6H3,(H,80,81)/b63-47-. The van der Waals surface area contributed by atoms with E-state index >= 15 is 14.0 Å². The molecule has 5 aromatic carbocycles. The third-order valence-corrected chi connectivity index (χ3v) is 17.4. The number of carbonyl (C=O) groups is 3. The number of amides is 2. The number of halogens is 1. The molecule has 2 atom stereocenters. The van der Waals surface area contributed by atoms with E-state index in [-0.39, 0.29) is 29.2 Å². The summed E-state index contributed by atoms with van der Waals surface area (Å²) in [6.45, 7) is 22.7. The van der Waals surface area contributed by atoms with Crippen molar-refractivity contribution in [3.05, 3.63) is 177 Å². The summed E-state index contributed by atoms with van der Waals surface area (Å²) in [5.41, 5.74) is 7.49. The first-order valence-electron chi connectivity index (χ1n) is 30.8. The van der Waals surface area contributed by atoms with E-state index in [0.29, 0.717) is 65.5 Å². The average molecular weight is 1150 g/mol. The molecule has 84 heavy (non-hydrogen) atoms. The summed E-state index contributed by atoms with van der Waals surface area (Å²) in [7, 11) is 0. The van der Waals surface area contributed by atoms with Gasteiger partial charge >= 0.3 is 5.97 Å². The van der Waals surface area contributed by atoms with Gasteiger partial charge in [-0.15, -0.1) is 11.3 Å². The fraction of sp³-hybridized carbons (Fsp3) is 0.389. The van der Waals surface area contributed by atoms with Gasteiger partial charge in [0.2, 0.25) is 0 Å². The molecule has 3 heterocycles. The topological polar surface area (TPSA) is 104 Å². The lowest BCUT2D eigenvalue weighted by Crippen LogP contribution is -2.34. The van der Waals surface area contributed by atoms with Crippen molar-refractivity contribution in [2.45, 2.75) is 144 Å². The van der Waals surface area contributed by atoms with Gasteiger partial charge in [0, 0.05) is 40.6 Å². The molecule has 2 aliphatic rings. The van der Waals surface area contributed by atoms with Gasteiger partial charge in [-0.2, -0.15) is 0 Å². The molecule has 0 saturated heterocycles. The summed E-state index contributed by atoms with van der Waals surface area (Å²) in [5.74, 6) is -0.302. The Morgan fingerprint density at radius 1 is 0.571 bits per heavy atom. The van der Waals surface area contributed by atoms with Gasteiger partial charge in [-0.1, -0.05) is 167 Å². The molecule has 0 fully saturated rings. The molecular formula is C72H83FN4O6S. The van der Waals surface area contributed by atoms with Gasteiger partial charge < -0.3 is 29.3 Å². The second-order valence-electron chi connectivity index (χ2n) is 22.2. The number of hydrogen-bond donors (Lipinski definition) is 1. The average Bonchev–Trinajstić information content (AvgIpc) is 2.17. The van der Waals surface area contributed by atoms with Crippen LogP contribution in [-0.4, -0.2) is 59.0 Å². The highest BCUT2D eigenvalue weighted by molar-refractivity contribution is 7.16. The molecule has 1 aromatic heterocycles. The van der Waals surface area contributed by atoms with E-state index in [0.717, 1.165) is 127 Å². The smallest absolute Gasteiger partial charge is 0.333 e. The number of benzene rings is 5. The Kier molecular flexibility index (Phi) is 22.8. The van der Waals surface area contributed by atoms with Crippen LogP contribution in [0.4, 0.5) is 21.5 Å². The Morgan fingerprint density at radius 2 is 1.02 bits per heavy atom. The number of carboxylic acids is 1. The van der Waals surface area contributed by atoms with Crippen LogP contribution in [-0.2, 0) is 14.4 Å². The second-order valence-corrected chi connectivity index (χ2v) is 23.3. The zero-order valence-corrected chi connectivity index (χ0v) is 50.9. The highest BCUT2D eigenvalue weighted by atomic mass is 32.1. The van der Waals surface area contributed by atoms with Crippen molar-refractivity contribution >= 4 is 63.7 Å². The number of hydrogen-bond acceptors (Lipinski definition) is 7. The summed E-state index contributed by atoms with van der Waals surface area (Å²) in [5, 5.41) is 9.37. The molecule has 2 unspecified atom stereocenters. The molecule has 10 nitrogen and oxygen atoms in total. The fourth-order valence-corrected chi connectivity index (χ4v) is 12.3. The predicted molar refractivity (Wildman–Crippen MR) is 342 cm³/mol. The van der Waals surface area contributed by atoms with Crippen LogP contribution in [0, 0.1) is 24.2 Å². The molecule has 8 rings (SSSR count). The molecule has 0 radical (unpaired) electrons. The first-order valence-corrected chi connectivity index (χ1v) is 31.6. The van der Waals surface area contributed by atoms with Crippen molar-refractivity contribution in [2.24, 2.45) is 11.8 Å². The second kappa shape index (κ2) is 30.7. The van der Waals surface area contributed by atoms with Gasteiger partial charge in [0.05, 0.1) is 47.2 Å². The van der Waals surface area contributed by atoms with Gasteiger partial charge in [-0.3, -0.25) is 14.4 Å². The molecule has 6 aromatic rings. The lowest BCUT2D eigenvalue weighted by atomic mass is 9.97. The number of unbranched alkanes of at least 4 members (excludes halogenated alkanes) is 8. The van der Waals surface area contributed by atoms with Gasteiger partial charge in [-0.25, -0.2) is 9.24 Å².